The molecular weight excluding hydrogens is 473 g/mol. The number of benzene rings is 1. The van der Waals surface area contributed by atoms with Gasteiger partial charge >= 0.3 is 0 Å². The predicted octanol–water partition coefficient (Wildman–Crippen LogP) is 2.13. The van der Waals surface area contributed by atoms with Crippen molar-refractivity contribution in [2.75, 3.05) is 43.8 Å². The predicted molar refractivity (Wildman–Crippen MR) is 132 cm³/mol. The summed E-state index contributed by atoms with van der Waals surface area (Å²) in [6.45, 7) is 2.64. The zero-order chi connectivity index (χ0) is 25.7. The first kappa shape index (κ1) is 25.6. The van der Waals surface area contributed by atoms with Crippen molar-refractivity contribution in [2.24, 2.45) is 10.7 Å². The first-order valence-corrected chi connectivity index (χ1v) is 11.7. The van der Waals surface area contributed by atoms with Crippen LogP contribution in [-0.4, -0.2) is 71.4 Å². The Kier molecular flexibility index (Phi) is 7.85. The van der Waals surface area contributed by atoms with Crippen molar-refractivity contribution in [3.63, 3.8) is 0 Å². The van der Waals surface area contributed by atoms with Gasteiger partial charge in [-0.25, -0.2) is 23.1 Å². The van der Waals surface area contributed by atoms with Gasteiger partial charge in [-0.3, -0.25) is 14.7 Å². The average Bonchev–Trinajstić information content (AvgIpc) is 2.85. The van der Waals surface area contributed by atoms with Gasteiger partial charge in [0.2, 0.25) is 0 Å². The monoisotopic (exact) mass is 502 g/mol. The molecular formula is C24H29F3N8O. The Hall–Kier alpha value is -3.51. The lowest BCUT2D eigenvalue weighted by Crippen LogP contribution is -2.62. The molecule has 192 valence electrons. The van der Waals surface area contributed by atoms with E-state index in [4.69, 9.17) is 11.5 Å². The normalized spacial score (nSPS) is 18.9. The highest BCUT2D eigenvalue weighted by atomic mass is 19.3. The lowest BCUT2D eigenvalue weighted by atomic mass is 9.96. The van der Waals surface area contributed by atoms with Crippen LogP contribution < -0.4 is 22.1 Å². The first-order valence-electron chi connectivity index (χ1n) is 11.7. The van der Waals surface area contributed by atoms with Crippen molar-refractivity contribution >= 4 is 29.1 Å². The number of nitrogens with zero attached hydrogens (tertiary/aromatic N) is 4. The number of carbonyl (C=O) groups excluding carboxylic acids is 1. The Morgan fingerprint density at radius 2 is 1.97 bits per heavy atom. The molecule has 0 spiro atoms. The van der Waals surface area contributed by atoms with E-state index in [1.165, 1.54) is 24.7 Å². The second-order valence-electron chi connectivity index (χ2n) is 9.02. The van der Waals surface area contributed by atoms with Gasteiger partial charge in [0.05, 0.1) is 17.3 Å². The van der Waals surface area contributed by atoms with Gasteiger partial charge in [-0.05, 0) is 31.0 Å². The number of nitrogen functional groups attached to an aromatic ring is 1. The molecule has 2 saturated heterocycles. The summed E-state index contributed by atoms with van der Waals surface area (Å²) in [6, 6.07) is 4.07. The van der Waals surface area contributed by atoms with Crippen molar-refractivity contribution in [1.82, 2.24) is 20.2 Å². The summed E-state index contributed by atoms with van der Waals surface area (Å²) in [7, 11) is 0. The van der Waals surface area contributed by atoms with Crippen LogP contribution in [0.3, 0.4) is 0 Å². The molecule has 9 nitrogen and oxygen atoms in total. The first-order chi connectivity index (χ1) is 17.3. The number of likely N-dealkylation sites (tertiary alicyclic amines) is 1. The van der Waals surface area contributed by atoms with Crippen LogP contribution in [0.5, 0.6) is 0 Å². The van der Waals surface area contributed by atoms with Gasteiger partial charge < -0.3 is 22.1 Å². The van der Waals surface area contributed by atoms with Gasteiger partial charge in [0.15, 0.2) is 5.82 Å². The highest BCUT2D eigenvalue weighted by Crippen LogP contribution is 2.32. The second kappa shape index (κ2) is 11.0. The molecule has 2 aliphatic heterocycles. The molecule has 1 aromatic heterocycles. The average molecular weight is 503 g/mol. The number of anilines is 2. The lowest BCUT2D eigenvalue weighted by molar-refractivity contribution is -0.111. The molecule has 2 aliphatic rings. The minimum atomic E-state index is -2.87. The number of aliphatic imine (C=N–C) groups is 1. The van der Waals surface area contributed by atoms with Crippen molar-refractivity contribution in [1.29, 1.82) is 0 Å². The van der Waals surface area contributed by atoms with E-state index in [0.29, 0.717) is 25.2 Å². The summed E-state index contributed by atoms with van der Waals surface area (Å²) in [5.74, 6) is -0.676. The summed E-state index contributed by atoms with van der Waals surface area (Å²) >= 11 is 0. The number of alkyl halides is 3. The third-order valence-corrected chi connectivity index (χ3v) is 6.33. The number of nitrogens with one attached hydrogen (secondary N) is 2. The third kappa shape index (κ3) is 6.00. The van der Waals surface area contributed by atoms with Crippen molar-refractivity contribution in [2.45, 2.75) is 31.0 Å². The van der Waals surface area contributed by atoms with Gasteiger partial charge in [0.1, 0.15) is 5.67 Å². The van der Waals surface area contributed by atoms with Crippen LogP contribution in [0.4, 0.5) is 24.5 Å². The molecule has 0 aliphatic carbocycles. The largest absolute Gasteiger partial charge is 0.404 e. The van der Waals surface area contributed by atoms with E-state index >= 15 is 0 Å². The van der Waals surface area contributed by atoms with E-state index in [1.807, 2.05) is 0 Å². The van der Waals surface area contributed by atoms with Crippen LogP contribution in [0.1, 0.15) is 36.2 Å². The number of carbonyl (C=O) groups is 1. The van der Waals surface area contributed by atoms with Crippen LogP contribution in [0.25, 0.3) is 5.57 Å². The summed E-state index contributed by atoms with van der Waals surface area (Å²) in [5, 5.41) is 5.44. The standard InChI is InChI=1S/C24H29F3N8O/c25-21(26)17-9-19(29)15(8-20(17)34-23(36)18(10-28)22-31-4-1-5-32-22)11-33-16-2-6-35(7-3-16)14-24(27)12-30-13-24/h1,4-5,8-11,16,21,30H,2-3,6-7,12-14,28-29H2,(H,34,36)/b18-10+,33-11?. The Morgan fingerprint density at radius 1 is 1.28 bits per heavy atom. The van der Waals surface area contributed by atoms with Crippen LogP contribution in [0, 0.1) is 0 Å². The summed E-state index contributed by atoms with van der Waals surface area (Å²) < 4.78 is 41.8. The number of hydrogen-bond donors (Lipinski definition) is 4. The van der Waals surface area contributed by atoms with Gasteiger partial charge in [-0.15, -0.1) is 0 Å². The molecule has 6 N–H and O–H groups in total. The lowest BCUT2D eigenvalue weighted by Gasteiger charge is -2.41. The minimum absolute atomic E-state index is 0.00514. The topological polar surface area (TPSA) is 135 Å². The number of rotatable bonds is 8. The summed E-state index contributed by atoms with van der Waals surface area (Å²) in [6.07, 6.45) is 4.05. The molecule has 0 saturated carbocycles. The maximum atomic E-state index is 14.3. The molecule has 2 aromatic rings. The quantitative estimate of drug-likeness (QED) is 0.247. The highest BCUT2D eigenvalue weighted by molar-refractivity contribution is 6.24. The fourth-order valence-electron chi connectivity index (χ4n) is 4.25. The van der Waals surface area contributed by atoms with E-state index in [-0.39, 0.29) is 28.8 Å². The molecule has 0 unspecified atom stereocenters. The SMILES string of the molecule is N/C=C(/C(=O)Nc1cc(C=NC2CCN(CC3(F)CNC3)CC2)c(N)cc1C(F)F)c1ncccn1. The van der Waals surface area contributed by atoms with Crippen molar-refractivity contribution in [3.05, 3.63) is 53.7 Å². The molecule has 0 radical (unpaired) electrons. The van der Waals surface area contributed by atoms with Gasteiger partial charge in [0.25, 0.3) is 12.3 Å². The molecule has 1 amide bonds. The Balaban J connectivity index is 1.46. The highest BCUT2D eigenvalue weighted by Gasteiger charge is 2.39. The number of nitrogens with two attached hydrogens (primary N) is 2. The zero-order valence-corrected chi connectivity index (χ0v) is 19.6. The van der Waals surface area contributed by atoms with Gasteiger partial charge in [-0.1, -0.05) is 0 Å². The number of piperidine rings is 1. The van der Waals surface area contributed by atoms with Crippen LogP contribution in [0.2, 0.25) is 0 Å². The maximum absolute atomic E-state index is 14.3. The van der Waals surface area contributed by atoms with Crippen molar-refractivity contribution < 1.29 is 18.0 Å². The minimum Gasteiger partial charge on any atom is -0.404 e. The number of aromatic nitrogens is 2. The Bertz CT molecular complexity index is 1130. The zero-order valence-electron chi connectivity index (χ0n) is 19.6. The van der Waals surface area contributed by atoms with Gasteiger partial charge in [-0.2, -0.15) is 0 Å². The van der Waals surface area contributed by atoms with Crippen LogP contribution in [-0.2, 0) is 4.79 Å². The number of halogens is 3. The Morgan fingerprint density at radius 3 is 2.56 bits per heavy atom. The second-order valence-corrected chi connectivity index (χ2v) is 9.02. The van der Waals surface area contributed by atoms with E-state index in [2.05, 4.69) is 30.5 Å². The van der Waals surface area contributed by atoms with Gasteiger partial charge in [0, 0.05) is 74.3 Å². The molecule has 3 heterocycles. The molecule has 1 aromatic carbocycles. The third-order valence-electron chi connectivity index (χ3n) is 6.33. The van der Waals surface area contributed by atoms with E-state index < -0.39 is 23.6 Å². The Labute approximate surface area is 206 Å². The fourth-order valence-corrected chi connectivity index (χ4v) is 4.25. The number of amides is 1. The van der Waals surface area contributed by atoms with E-state index in [1.54, 1.807) is 6.07 Å². The molecule has 0 atom stereocenters. The summed E-state index contributed by atoms with van der Waals surface area (Å²) in [5.41, 5.74) is 10.4. The molecule has 36 heavy (non-hydrogen) atoms. The van der Waals surface area contributed by atoms with E-state index in [9.17, 15) is 18.0 Å². The molecule has 12 heteroatoms. The smallest absolute Gasteiger partial charge is 0.265 e. The number of hydrogen-bond acceptors (Lipinski definition) is 8. The fraction of sp³-hybridized carbons (Fsp3) is 0.417. The van der Waals surface area contributed by atoms with Crippen LogP contribution >= 0.6 is 0 Å². The van der Waals surface area contributed by atoms with Crippen LogP contribution in [0.15, 0.2) is 41.8 Å². The summed E-state index contributed by atoms with van der Waals surface area (Å²) in [4.78, 5) is 27.4. The molecule has 0 bridgehead atoms. The molecule has 2 fully saturated rings. The van der Waals surface area contributed by atoms with Crippen molar-refractivity contribution in [3.8, 4) is 0 Å². The van der Waals surface area contributed by atoms with E-state index in [0.717, 1.165) is 38.2 Å². The molecule has 4 rings (SSSR count). The maximum Gasteiger partial charge on any atom is 0.265 e.